The van der Waals surface area contributed by atoms with Gasteiger partial charge in [-0.1, -0.05) is 18.1 Å². The summed E-state index contributed by atoms with van der Waals surface area (Å²) < 4.78 is 18.3. The fourth-order valence-electron chi connectivity index (χ4n) is 3.52. The number of esters is 1. The summed E-state index contributed by atoms with van der Waals surface area (Å²) in [5.41, 5.74) is 4.48. The molecule has 2 heterocycles. The highest BCUT2D eigenvalue weighted by molar-refractivity contribution is 6.00. The summed E-state index contributed by atoms with van der Waals surface area (Å²) in [6, 6.07) is 8.53. The number of aryl methyl sites for hydroxylation is 3. The number of carbonyl (C=O) groups excluding carboxylic acids is 2. The Morgan fingerprint density at radius 1 is 1.13 bits per heavy atom. The first-order chi connectivity index (χ1) is 14.8. The van der Waals surface area contributed by atoms with Crippen LogP contribution in [-0.2, 0) is 17.9 Å². The first kappa shape index (κ1) is 22.3. The van der Waals surface area contributed by atoms with E-state index in [1.807, 2.05) is 33.8 Å². The monoisotopic (exact) mass is 424 g/mol. The molecule has 0 aliphatic carbocycles. The van der Waals surface area contributed by atoms with E-state index in [1.54, 1.807) is 24.3 Å². The third kappa shape index (κ3) is 5.05. The van der Waals surface area contributed by atoms with Crippen LogP contribution in [0, 0.1) is 27.7 Å². The van der Waals surface area contributed by atoms with Gasteiger partial charge >= 0.3 is 5.97 Å². The minimum absolute atomic E-state index is 0.213. The van der Waals surface area contributed by atoms with Crippen molar-refractivity contribution in [1.82, 2.24) is 9.72 Å². The first-order valence-corrected chi connectivity index (χ1v) is 10.3. The van der Waals surface area contributed by atoms with Crippen LogP contribution in [0.15, 0.2) is 34.9 Å². The Hall–Kier alpha value is -3.35. The Morgan fingerprint density at radius 2 is 1.90 bits per heavy atom. The zero-order chi connectivity index (χ0) is 22.5. The van der Waals surface area contributed by atoms with Gasteiger partial charge in [0.2, 0.25) is 5.78 Å². The molecule has 0 saturated carbocycles. The molecule has 3 rings (SSSR count). The highest BCUT2D eigenvalue weighted by Gasteiger charge is 2.18. The number of carbonyl (C=O) groups is 2. The van der Waals surface area contributed by atoms with E-state index in [2.05, 4.69) is 16.6 Å². The van der Waals surface area contributed by atoms with E-state index in [4.69, 9.17) is 14.0 Å². The van der Waals surface area contributed by atoms with Crippen LogP contribution in [0.4, 0.5) is 0 Å². The van der Waals surface area contributed by atoms with Crippen molar-refractivity contribution >= 4 is 11.8 Å². The molecule has 164 valence electrons. The molecule has 0 radical (unpaired) electrons. The molecule has 2 aromatic heterocycles. The van der Waals surface area contributed by atoms with Crippen molar-refractivity contribution in [2.75, 3.05) is 6.61 Å². The molecule has 0 aliphatic rings. The number of ether oxygens (including phenoxy) is 2. The number of Topliss-reactive ketones (excluding diaryl/α,β-unsaturated/α-hetero) is 1. The second-order valence-electron chi connectivity index (χ2n) is 7.55. The zero-order valence-electron chi connectivity index (χ0n) is 18.7. The summed E-state index contributed by atoms with van der Waals surface area (Å²) in [5.74, 6) is 0.432. The van der Waals surface area contributed by atoms with Gasteiger partial charge in [-0.2, -0.15) is 0 Å². The molecule has 0 fully saturated rings. The summed E-state index contributed by atoms with van der Waals surface area (Å²) in [5, 5.41) is 3.90. The van der Waals surface area contributed by atoms with Gasteiger partial charge < -0.3 is 18.6 Å². The maximum Gasteiger partial charge on any atom is 0.338 e. The Balaban J connectivity index is 1.61. The van der Waals surface area contributed by atoms with E-state index in [9.17, 15) is 9.59 Å². The summed E-state index contributed by atoms with van der Waals surface area (Å²) in [6.45, 7) is 10.5. The maximum absolute atomic E-state index is 12.6. The highest BCUT2D eigenvalue weighted by atomic mass is 16.5. The normalized spacial score (nSPS) is 10.9. The van der Waals surface area contributed by atoms with Crippen molar-refractivity contribution < 1.29 is 23.6 Å². The van der Waals surface area contributed by atoms with Crippen molar-refractivity contribution in [3.8, 4) is 5.75 Å². The molecule has 0 unspecified atom stereocenters. The Kier molecular flexibility index (Phi) is 6.95. The molecular formula is C24H28N2O5. The van der Waals surface area contributed by atoms with Crippen molar-refractivity contribution in [2.45, 2.75) is 54.2 Å². The predicted molar refractivity (Wildman–Crippen MR) is 116 cm³/mol. The topological polar surface area (TPSA) is 83.6 Å². The average Bonchev–Trinajstić information content (AvgIpc) is 3.23. The minimum Gasteiger partial charge on any atom is -0.489 e. The lowest BCUT2D eigenvalue weighted by Crippen LogP contribution is -2.15. The number of hydrogen-bond donors (Lipinski definition) is 0. The second-order valence-corrected chi connectivity index (χ2v) is 7.55. The molecule has 0 atom stereocenters. The van der Waals surface area contributed by atoms with Crippen molar-refractivity contribution in [2.24, 2.45) is 0 Å². The number of benzene rings is 1. The Labute approximate surface area is 181 Å². The standard InChI is InChI=1S/C24H28N2O5/c1-6-10-26-15(2)11-21(17(26)4)23(27)14-30-24(28)19-8-7-9-20(12-19)29-13-22-16(3)25-31-18(22)5/h7-9,11-12H,6,10,13-14H2,1-5H3. The minimum atomic E-state index is -0.571. The van der Waals surface area contributed by atoms with Gasteiger partial charge in [-0.15, -0.1) is 0 Å². The van der Waals surface area contributed by atoms with Gasteiger partial charge in [0.25, 0.3) is 0 Å². The van der Waals surface area contributed by atoms with Gasteiger partial charge in [0, 0.05) is 23.5 Å². The van der Waals surface area contributed by atoms with Crippen molar-refractivity contribution in [1.29, 1.82) is 0 Å². The van der Waals surface area contributed by atoms with E-state index in [1.165, 1.54) is 0 Å². The smallest absolute Gasteiger partial charge is 0.338 e. The quantitative estimate of drug-likeness (QED) is 0.364. The van der Waals surface area contributed by atoms with Crippen molar-refractivity contribution in [3.05, 3.63) is 69.9 Å². The molecule has 0 N–H and O–H groups in total. The molecule has 0 bridgehead atoms. The Bertz CT molecular complexity index is 1070. The maximum atomic E-state index is 12.6. The van der Waals surface area contributed by atoms with Crippen LogP contribution in [0.1, 0.15) is 62.5 Å². The SMILES string of the molecule is CCCn1c(C)cc(C(=O)COC(=O)c2cccc(OCc3c(C)noc3C)c2)c1C. The fourth-order valence-corrected chi connectivity index (χ4v) is 3.52. The van der Waals surface area contributed by atoms with Crippen LogP contribution in [0.2, 0.25) is 0 Å². The lowest BCUT2D eigenvalue weighted by molar-refractivity contribution is 0.0474. The van der Waals surface area contributed by atoms with Gasteiger partial charge in [-0.25, -0.2) is 4.79 Å². The van der Waals surface area contributed by atoms with Crippen LogP contribution in [0.25, 0.3) is 0 Å². The lowest BCUT2D eigenvalue weighted by atomic mass is 10.1. The van der Waals surface area contributed by atoms with Crippen LogP contribution in [0.5, 0.6) is 5.75 Å². The fraction of sp³-hybridized carbons (Fsp3) is 0.375. The number of rotatable bonds is 9. The van der Waals surface area contributed by atoms with E-state index in [0.29, 0.717) is 22.6 Å². The van der Waals surface area contributed by atoms with Crippen LogP contribution in [-0.4, -0.2) is 28.1 Å². The second kappa shape index (κ2) is 9.64. The van der Waals surface area contributed by atoms with Crippen LogP contribution in [0.3, 0.4) is 0 Å². The molecule has 0 aliphatic heterocycles. The molecule has 31 heavy (non-hydrogen) atoms. The van der Waals surface area contributed by atoms with Crippen LogP contribution >= 0.6 is 0 Å². The molecule has 0 saturated heterocycles. The highest BCUT2D eigenvalue weighted by Crippen LogP contribution is 2.20. The first-order valence-electron chi connectivity index (χ1n) is 10.3. The van der Waals surface area contributed by atoms with Gasteiger partial charge in [-0.3, -0.25) is 4.79 Å². The molecule has 0 spiro atoms. The number of ketones is 1. The molecule has 7 nitrogen and oxygen atoms in total. The third-order valence-corrected chi connectivity index (χ3v) is 5.29. The number of aromatic nitrogens is 2. The van der Waals surface area contributed by atoms with Crippen molar-refractivity contribution in [3.63, 3.8) is 0 Å². The predicted octanol–water partition coefficient (Wildman–Crippen LogP) is 4.74. The van der Waals surface area contributed by atoms with Gasteiger partial charge in [0.15, 0.2) is 6.61 Å². The van der Waals surface area contributed by atoms with Gasteiger partial charge in [0.05, 0.1) is 16.8 Å². The third-order valence-electron chi connectivity index (χ3n) is 5.29. The number of hydrogen-bond acceptors (Lipinski definition) is 6. The van der Waals surface area contributed by atoms with Crippen LogP contribution < -0.4 is 4.74 Å². The summed E-state index contributed by atoms with van der Waals surface area (Å²) in [6.07, 6.45) is 0.980. The van der Waals surface area contributed by atoms with E-state index in [0.717, 1.165) is 35.6 Å². The molecule has 3 aromatic rings. The lowest BCUT2D eigenvalue weighted by Gasteiger charge is -2.09. The van der Waals surface area contributed by atoms with E-state index in [-0.39, 0.29) is 19.0 Å². The summed E-state index contributed by atoms with van der Waals surface area (Å²) >= 11 is 0. The number of nitrogens with zero attached hydrogens (tertiary/aromatic N) is 2. The summed E-state index contributed by atoms with van der Waals surface area (Å²) in [4.78, 5) is 25.1. The van der Waals surface area contributed by atoms with E-state index >= 15 is 0 Å². The van der Waals surface area contributed by atoms with Gasteiger partial charge in [0.1, 0.15) is 18.1 Å². The molecule has 0 amide bonds. The zero-order valence-corrected chi connectivity index (χ0v) is 18.7. The van der Waals surface area contributed by atoms with E-state index < -0.39 is 5.97 Å². The largest absolute Gasteiger partial charge is 0.489 e. The molecule has 7 heteroatoms. The molecular weight excluding hydrogens is 396 g/mol. The average molecular weight is 424 g/mol. The Morgan fingerprint density at radius 3 is 2.58 bits per heavy atom. The van der Waals surface area contributed by atoms with Gasteiger partial charge in [-0.05, 0) is 58.4 Å². The molecule has 1 aromatic carbocycles. The summed E-state index contributed by atoms with van der Waals surface area (Å²) in [7, 11) is 0.